The minimum Gasteiger partial charge on any atom is -0.370 e. The second-order valence-corrected chi connectivity index (χ2v) is 8.80. The molecule has 2 heterocycles. The van der Waals surface area contributed by atoms with Crippen molar-refractivity contribution in [1.82, 2.24) is 0 Å². The molecule has 0 N–H and O–H groups in total. The first kappa shape index (κ1) is 17.9. The van der Waals surface area contributed by atoms with E-state index in [0.29, 0.717) is 24.8 Å². The van der Waals surface area contributed by atoms with Gasteiger partial charge in [-0.3, -0.25) is 14.4 Å². The Hall–Kier alpha value is -1.46. The molecule has 0 bridgehead atoms. The van der Waals surface area contributed by atoms with Crippen LogP contribution in [0.4, 0.5) is 0 Å². The van der Waals surface area contributed by atoms with Crippen molar-refractivity contribution in [2.75, 3.05) is 12.4 Å². The number of carbonyl (C=O) groups is 3. The summed E-state index contributed by atoms with van der Waals surface area (Å²) in [5.41, 5.74) is 3.31. The molecule has 2 aliphatic heterocycles. The SMILES string of the molecule is Cc1cc(C(=O)C2C(=O)CCCC2=O)c(C)c2c1SCCC21CCCO1. The van der Waals surface area contributed by atoms with E-state index in [9.17, 15) is 14.4 Å². The van der Waals surface area contributed by atoms with Crippen molar-refractivity contribution < 1.29 is 19.1 Å². The Bertz CT molecular complexity index is 789. The molecule has 138 valence electrons. The van der Waals surface area contributed by atoms with Crippen LogP contribution in [-0.4, -0.2) is 29.7 Å². The predicted octanol–water partition coefficient (Wildman–Crippen LogP) is 3.93. The predicted molar refractivity (Wildman–Crippen MR) is 99.8 cm³/mol. The molecule has 26 heavy (non-hydrogen) atoms. The molecular formula is C21H24O4S. The minimum atomic E-state index is -1.10. The first-order valence-corrected chi connectivity index (χ1v) is 10.4. The highest BCUT2D eigenvalue weighted by Gasteiger charge is 2.44. The molecule has 4 nitrogen and oxygen atoms in total. The van der Waals surface area contributed by atoms with Crippen LogP contribution in [0.15, 0.2) is 11.0 Å². The number of carbonyl (C=O) groups excluding carboxylic acids is 3. The van der Waals surface area contributed by atoms with Crippen LogP contribution in [0.2, 0.25) is 0 Å². The molecule has 1 aromatic rings. The van der Waals surface area contributed by atoms with Gasteiger partial charge in [-0.25, -0.2) is 0 Å². The molecule has 5 heteroatoms. The lowest BCUT2D eigenvalue weighted by Crippen LogP contribution is -2.37. The molecule has 0 radical (unpaired) electrons. The van der Waals surface area contributed by atoms with Crippen LogP contribution in [0.5, 0.6) is 0 Å². The third kappa shape index (κ3) is 2.67. The minimum absolute atomic E-state index is 0.220. The van der Waals surface area contributed by atoms with E-state index in [-0.39, 0.29) is 23.0 Å². The van der Waals surface area contributed by atoms with E-state index >= 15 is 0 Å². The maximum atomic E-state index is 13.2. The quantitative estimate of drug-likeness (QED) is 0.581. The number of hydrogen-bond donors (Lipinski definition) is 0. The van der Waals surface area contributed by atoms with Gasteiger partial charge < -0.3 is 4.74 Å². The van der Waals surface area contributed by atoms with E-state index in [0.717, 1.165) is 48.3 Å². The fourth-order valence-corrected chi connectivity index (χ4v) is 6.18. The van der Waals surface area contributed by atoms with Gasteiger partial charge in [-0.2, -0.15) is 0 Å². The lowest BCUT2D eigenvalue weighted by atomic mass is 9.77. The molecule has 1 saturated heterocycles. The van der Waals surface area contributed by atoms with Gasteiger partial charge in [0.1, 0.15) is 5.92 Å². The summed E-state index contributed by atoms with van der Waals surface area (Å²) in [5, 5.41) is 0. The molecule has 1 aromatic carbocycles. The van der Waals surface area contributed by atoms with Gasteiger partial charge >= 0.3 is 0 Å². The largest absolute Gasteiger partial charge is 0.370 e. The summed E-state index contributed by atoms with van der Waals surface area (Å²) in [6.45, 7) is 4.72. The van der Waals surface area contributed by atoms with Crippen molar-refractivity contribution >= 4 is 29.1 Å². The standard InChI is InChI=1S/C21H24O4S/c1-12-11-14(19(24)17-15(22)5-3-6-16(17)23)13(2)18-20(12)26-10-8-21(18)7-4-9-25-21/h11,17H,3-10H2,1-2H3. The first-order valence-electron chi connectivity index (χ1n) is 9.46. The second-order valence-electron chi connectivity index (χ2n) is 7.70. The molecular weight excluding hydrogens is 348 g/mol. The molecule has 1 saturated carbocycles. The van der Waals surface area contributed by atoms with Crippen LogP contribution in [0, 0.1) is 19.8 Å². The Balaban J connectivity index is 1.84. The number of ketones is 3. The summed E-state index contributed by atoms with van der Waals surface area (Å²) in [4.78, 5) is 39.0. The molecule has 0 amide bonds. The van der Waals surface area contributed by atoms with E-state index in [1.807, 2.05) is 31.7 Å². The van der Waals surface area contributed by atoms with Gasteiger partial charge in [-0.1, -0.05) is 0 Å². The smallest absolute Gasteiger partial charge is 0.181 e. The van der Waals surface area contributed by atoms with Crippen molar-refractivity contribution in [2.24, 2.45) is 5.92 Å². The van der Waals surface area contributed by atoms with Gasteiger partial charge in [0, 0.05) is 41.2 Å². The molecule has 1 spiro atoms. The Labute approximate surface area is 158 Å². The fourth-order valence-electron chi connectivity index (χ4n) is 4.77. The van der Waals surface area contributed by atoms with Crippen molar-refractivity contribution in [2.45, 2.75) is 62.9 Å². The summed E-state index contributed by atoms with van der Waals surface area (Å²) >= 11 is 1.82. The van der Waals surface area contributed by atoms with E-state index in [4.69, 9.17) is 4.74 Å². The van der Waals surface area contributed by atoms with Crippen LogP contribution in [0.3, 0.4) is 0 Å². The van der Waals surface area contributed by atoms with Crippen LogP contribution in [-0.2, 0) is 19.9 Å². The van der Waals surface area contributed by atoms with Crippen LogP contribution >= 0.6 is 11.8 Å². The number of fused-ring (bicyclic) bond motifs is 2. The van der Waals surface area contributed by atoms with Gasteiger partial charge in [0.05, 0.1) is 5.60 Å². The van der Waals surface area contributed by atoms with Gasteiger partial charge in [0.25, 0.3) is 0 Å². The lowest BCUT2D eigenvalue weighted by Gasteiger charge is -2.37. The Morgan fingerprint density at radius 2 is 1.88 bits per heavy atom. The highest BCUT2D eigenvalue weighted by atomic mass is 32.2. The maximum absolute atomic E-state index is 13.2. The molecule has 0 aromatic heterocycles. The van der Waals surface area contributed by atoms with Gasteiger partial charge in [-0.05, 0) is 56.7 Å². The zero-order chi connectivity index (χ0) is 18.5. The monoisotopic (exact) mass is 372 g/mol. The van der Waals surface area contributed by atoms with E-state index in [2.05, 4.69) is 0 Å². The third-order valence-corrected chi connectivity index (χ3v) is 7.28. The Kier molecular flexibility index (Phi) is 4.56. The Morgan fingerprint density at radius 1 is 1.15 bits per heavy atom. The van der Waals surface area contributed by atoms with Crippen molar-refractivity contribution in [3.8, 4) is 0 Å². The first-order chi connectivity index (χ1) is 12.4. The van der Waals surface area contributed by atoms with Crippen LogP contribution in [0.25, 0.3) is 0 Å². The average molecular weight is 372 g/mol. The molecule has 4 rings (SSSR count). The van der Waals surface area contributed by atoms with Crippen LogP contribution < -0.4 is 0 Å². The highest BCUT2D eigenvalue weighted by molar-refractivity contribution is 7.99. The molecule has 3 aliphatic rings. The lowest BCUT2D eigenvalue weighted by molar-refractivity contribution is -0.133. The third-order valence-electron chi connectivity index (χ3n) is 6.05. The average Bonchev–Trinajstić information content (AvgIpc) is 3.06. The molecule has 2 fully saturated rings. The summed E-state index contributed by atoms with van der Waals surface area (Å²) in [6.07, 6.45) is 4.17. The van der Waals surface area contributed by atoms with Crippen molar-refractivity contribution in [3.63, 3.8) is 0 Å². The summed E-state index contributed by atoms with van der Waals surface area (Å²) in [7, 11) is 0. The normalized spacial score (nSPS) is 26.4. The number of thioether (sulfide) groups is 1. The number of ether oxygens (including phenoxy) is 1. The molecule has 1 aliphatic carbocycles. The molecule has 1 unspecified atom stereocenters. The fraction of sp³-hybridized carbons (Fsp3) is 0.571. The number of rotatable bonds is 2. The van der Waals surface area contributed by atoms with Gasteiger partial charge in [-0.15, -0.1) is 11.8 Å². The van der Waals surface area contributed by atoms with Crippen molar-refractivity contribution in [1.29, 1.82) is 0 Å². The molecule has 1 atom stereocenters. The van der Waals surface area contributed by atoms with Crippen molar-refractivity contribution in [3.05, 3.63) is 28.3 Å². The number of Topliss-reactive ketones (excluding diaryl/α,β-unsaturated/α-hetero) is 3. The second kappa shape index (κ2) is 6.61. The highest BCUT2D eigenvalue weighted by Crippen LogP contribution is 2.51. The number of hydrogen-bond acceptors (Lipinski definition) is 5. The summed E-state index contributed by atoms with van der Waals surface area (Å²) in [5.74, 6) is -0.840. The number of aryl methyl sites for hydroxylation is 1. The zero-order valence-electron chi connectivity index (χ0n) is 15.4. The maximum Gasteiger partial charge on any atom is 0.181 e. The van der Waals surface area contributed by atoms with E-state index in [1.165, 1.54) is 4.90 Å². The zero-order valence-corrected chi connectivity index (χ0v) is 16.2. The summed E-state index contributed by atoms with van der Waals surface area (Å²) in [6, 6.07) is 1.88. The van der Waals surface area contributed by atoms with Crippen LogP contribution in [0.1, 0.15) is 65.6 Å². The van der Waals surface area contributed by atoms with E-state index < -0.39 is 5.92 Å². The van der Waals surface area contributed by atoms with Gasteiger partial charge in [0.15, 0.2) is 17.3 Å². The number of benzene rings is 1. The topological polar surface area (TPSA) is 60.4 Å². The Morgan fingerprint density at radius 3 is 2.54 bits per heavy atom. The summed E-state index contributed by atoms with van der Waals surface area (Å²) < 4.78 is 6.21. The van der Waals surface area contributed by atoms with E-state index in [1.54, 1.807) is 0 Å². The van der Waals surface area contributed by atoms with Gasteiger partial charge in [0.2, 0.25) is 0 Å².